The van der Waals surface area contributed by atoms with Crippen molar-refractivity contribution in [2.24, 2.45) is 5.92 Å². The van der Waals surface area contributed by atoms with Crippen LogP contribution in [0.4, 0.5) is 18.0 Å². The smallest absolute Gasteiger partial charge is 0.410 e. The van der Waals surface area contributed by atoms with Gasteiger partial charge in [-0.1, -0.05) is 0 Å². The third-order valence-electron chi connectivity index (χ3n) is 5.11. The van der Waals surface area contributed by atoms with Crippen molar-refractivity contribution in [3.8, 4) is 12.3 Å². The SMILES string of the molecule is C#CC[C@@H]1C[C@@H](CN2CCN(C(=O)OC(C)(C)C)C[C@H]2C(=O)CNCC(F)(F)F)OC1=O. The molecule has 180 valence electrons. The monoisotopic (exact) mass is 461 g/mol. The van der Waals surface area contributed by atoms with E-state index in [1.54, 1.807) is 25.7 Å². The summed E-state index contributed by atoms with van der Waals surface area (Å²) in [5, 5.41) is 2.11. The van der Waals surface area contributed by atoms with Gasteiger partial charge in [0, 0.05) is 32.6 Å². The maximum Gasteiger partial charge on any atom is 0.410 e. The van der Waals surface area contributed by atoms with E-state index < -0.39 is 60.8 Å². The summed E-state index contributed by atoms with van der Waals surface area (Å²) in [6.45, 7) is 4.08. The van der Waals surface area contributed by atoms with Crippen LogP contribution in [0.5, 0.6) is 0 Å². The minimum atomic E-state index is -4.45. The summed E-state index contributed by atoms with van der Waals surface area (Å²) in [5.41, 5.74) is -0.730. The number of amides is 1. The molecule has 0 saturated carbocycles. The van der Waals surface area contributed by atoms with Gasteiger partial charge in [0.1, 0.15) is 11.7 Å². The number of hydrogen-bond donors (Lipinski definition) is 1. The average molecular weight is 461 g/mol. The molecule has 2 fully saturated rings. The highest BCUT2D eigenvalue weighted by molar-refractivity contribution is 5.87. The molecule has 8 nitrogen and oxygen atoms in total. The van der Waals surface area contributed by atoms with Gasteiger partial charge in [0.25, 0.3) is 0 Å². The van der Waals surface area contributed by atoms with Gasteiger partial charge in [-0.3, -0.25) is 14.5 Å². The third-order valence-corrected chi connectivity index (χ3v) is 5.11. The van der Waals surface area contributed by atoms with E-state index in [1.165, 1.54) is 4.90 Å². The van der Waals surface area contributed by atoms with Crippen molar-refractivity contribution in [2.45, 2.75) is 57.5 Å². The Labute approximate surface area is 185 Å². The van der Waals surface area contributed by atoms with Crippen LogP contribution in [-0.2, 0) is 19.1 Å². The summed E-state index contributed by atoms with van der Waals surface area (Å²) in [4.78, 5) is 40.3. The van der Waals surface area contributed by atoms with Gasteiger partial charge in [-0.2, -0.15) is 13.2 Å². The van der Waals surface area contributed by atoms with E-state index >= 15 is 0 Å². The molecule has 2 aliphatic heterocycles. The molecule has 11 heteroatoms. The molecule has 2 rings (SSSR count). The molecule has 0 radical (unpaired) electrons. The van der Waals surface area contributed by atoms with Crippen molar-refractivity contribution in [3.63, 3.8) is 0 Å². The molecule has 0 spiro atoms. The highest BCUT2D eigenvalue weighted by atomic mass is 19.4. The standard InChI is InChI=1S/C21H30F3N3O5/c1-5-6-14-9-15(31-18(14)29)11-26-7-8-27(19(30)32-20(2,3)4)12-16(26)17(28)10-25-13-21(22,23)24/h1,14-16,25H,6-13H2,2-4H3/t14-,15+,16+/m1/s1. The summed E-state index contributed by atoms with van der Waals surface area (Å²) in [5.74, 6) is 1.14. The number of ether oxygens (including phenoxy) is 2. The van der Waals surface area contributed by atoms with Crippen LogP contribution in [0.25, 0.3) is 0 Å². The Morgan fingerprint density at radius 3 is 2.56 bits per heavy atom. The summed E-state index contributed by atoms with van der Waals surface area (Å²) in [6.07, 6.45) is 0.416. The van der Waals surface area contributed by atoms with E-state index in [0.29, 0.717) is 6.42 Å². The van der Waals surface area contributed by atoms with Gasteiger partial charge < -0.3 is 19.7 Å². The number of carbonyl (C=O) groups excluding carboxylic acids is 3. The minimum absolute atomic E-state index is 0.0319. The van der Waals surface area contributed by atoms with Gasteiger partial charge >= 0.3 is 18.2 Å². The van der Waals surface area contributed by atoms with Crippen LogP contribution in [0.3, 0.4) is 0 Å². The van der Waals surface area contributed by atoms with E-state index in [9.17, 15) is 27.6 Å². The lowest BCUT2D eigenvalue weighted by molar-refractivity contribution is -0.145. The normalized spacial score (nSPS) is 24.7. The van der Waals surface area contributed by atoms with Crippen molar-refractivity contribution in [3.05, 3.63) is 0 Å². The summed E-state index contributed by atoms with van der Waals surface area (Å²) >= 11 is 0. The van der Waals surface area contributed by atoms with Crippen molar-refractivity contribution in [1.82, 2.24) is 15.1 Å². The Morgan fingerprint density at radius 2 is 1.97 bits per heavy atom. The molecule has 2 heterocycles. The summed E-state index contributed by atoms with van der Waals surface area (Å²) in [7, 11) is 0. The molecule has 3 atom stereocenters. The zero-order valence-corrected chi connectivity index (χ0v) is 18.5. The number of alkyl halides is 3. The first-order chi connectivity index (χ1) is 14.8. The van der Waals surface area contributed by atoms with Crippen LogP contribution in [0.2, 0.25) is 0 Å². The van der Waals surface area contributed by atoms with Crippen molar-refractivity contribution >= 4 is 17.8 Å². The maximum atomic E-state index is 12.8. The second-order valence-electron chi connectivity index (χ2n) is 9.02. The molecule has 0 aromatic heterocycles. The molecule has 0 bridgehead atoms. The Kier molecular flexibility index (Phi) is 8.54. The van der Waals surface area contributed by atoms with Crippen molar-refractivity contribution in [2.75, 3.05) is 39.3 Å². The second-order valence-corrected chi connectivity index (χ2v) is 9.02. The average Bonchev–Trinajstić information content (AvgIpc) is 2.98. The van der Waals surface area contributed by atoms with Crippen molar-refractivity contribution in [1.29, 1.82) is 0 Å². The van der Waals surface area contributed by atoms with Gasteiger partial charge in [-0.05, 0) is 27.2 Å². The van der Waals surface area contributed by atoms with Gasteiger partial charge in [-0.15, -0.1) is 12.3 Å². The van der Waals surface area contributed by atoms with E-state index in [0.717, 1.165) is 0 Å². The first kappa shape index (κ1) is 25.9. The van der Waals surface area contributed by atoms with Crippen molar-refractivity contribution < 1.29 is 37.0 Å². The second kappa shape index (κ2) is 10.5. The Hall–Kier alpha value is -2.32. The zero-order chi connectivity index (χ0) is 24.1. The lowest BCUT2D eigenvalue weighted by Gasteiger charge is -2.41. The highest BCUT2D eigenvalue weighted by Gasteiger charge is 2.40. The van der Waals surface area contributed by atoms with E-state index in [-0.39, 0.29) is 32.6 Å². The number of hydrogen-bond acceptors (Lipinski definition) is 7. The molecule has 1 N–H and O–H groups in total. The number of rotatable bonds is 7. The number of Topliss-reactive ketones (excluding diaryl/α,β-unsaturated/α-hetero) is 1. The lowest BCUT2D eigenvalue weighted by Crippen LogP contribution is -2.60. The molecule has 32 heavy (non-hydrogen) atoms. The van der Waals surface area contributed by atoms with E-state index in [2.05, 4.69) is 11.2 Å². The lowest BCUT2D eigenvalue weighted by atomic mass is 10.00. The topological polar surface area (TPSA) is 88.2 Å². The Morgan fingerprint density at radius 1 is 1.28 bits per heavy atom. The number of halogens is 3. The Balaban J connectivity index is 2.06. The Bertz CT molecular complexity index is 744. The number of carbonyl (C=O) groups is 3. The predicted octanol–water partition coefficient (Wildman–Crippen LogP) is 1.58. The fraction of sp³-hybridized carbons (Fsp3) is 0.762. The fourth-order valence-electron chi connectivity index (χ4n) is 3.69. The zero-order valence-electron chi connectivity index (χ0n) is 18.5. The molecule has 2 aliphatic rings. The molecule has 0 unspecified atom stereocenters. The van der Waals surface area contributed by atoms with E-state index in [1.807, 2.05) is 0 Å². The first-order valence-electron chi connectivity index (χ1n) is 10.4. The number of terminal acetylenes is 1. The number of piperazine rings is 1. The van der Waals surface area contributed by atoms with Gasteiger partial charge in [-0.25, -0.2) is 4.79 Å². The summed E-state index contributed by atoms with van der Waals surface area (Å²) in [6, 6.07) is -0.859. The molecule has 0 aliphatic carbocycles. The number of nitrogens with zero attached hydrogens (tertiary/aromatic N) is 2. The third kappa shape index (κ3) is 7.98. The fourth-order valence-corrected chi connectivity index (χ4v) is 3.69. The first-order valence-corrected chi connectivity index (χ1v) is 10.4. The number of esters is 1. The molecule has 1 amide bonds. The largest absolute Gasteiger partial charge is 0.461 e. The summed E-state index contributed by atoms with van der Waals surface area (Å²) < 4.78 is 48.0. The molecule has 0 aromatic carbocycles. The van der Waals surface area contributed by atoms with Crippen LogP contribution in [-0.4, -0.2) is 90.8 Å². The van der Waals surface area contributed by atoms with Crippen LogP contribution >= 0.6 is 0 Å². The predicted molar refractivity (Wildman–Crippen MR) is 109 cm³/mol. The van der Waals surface area contributed by atoms with Crippen LogP contribution in [0.1, 0.15) is 33.6 Å². The van der Waals surface area contributed by atoms with Gasteiger partial charge in [0.2, 0.25) is 0 Å². The number of ketones is 1. The van der Waals surface area contributed by atoms with Crippen LogP contribution in [0.15, 0.2) is 0 Å². The highest BCUT2D eigenvalue weighted by Crippen LogP contribution is 2.26. The minimum Gasteiger partial charge on any atom is -0.461 e. The molecule has 2 saturated heterocycles. The van der Waals surface area contributed by atoms with Gasteiger partial charge in [0.05, 0.1) is 25.0 Å². The molecular weight excluding hydrogens is 431 g/mol. The molecular formula is C21H30F3N3O5. The quantitative estimate of drug-likeness (QED) is 0.455. The van der Waals surface area contributed by atoms with Crippen LogP contribution in [0, 0.1) is 18.3 Å². The van der Waals surface area contributed by atoms with Gasteiger partial charge in [0.15, 0.2) is 5.78 Å². The van der Waals surface area contributed by atoms with E-state index in [4.69, 9.17) is 15.9 Å². The number of nitrogens with one attached hydrogen (secondary N) is 1. The van der Waals surface area contributed by atoms with Crippen LogP contribution < -0.4 is 5.32 Å². The maximum absolute atomic E-state index is 12.8. The number of cyclic esters (lactones) is 1. The molecule has 0 aromatic rings.